The van der Waals surface area contributed by atoms with E-state index in [1.165, 1.54) is 11.1 Å². The van der Waals surface area contributed by atoms with E-state index in [-0.39, 0.29) is 0 Å². The van der Waals surface area contributed by atoms with Gasteiger partial charge in [0.25, 0.3) is 0 Å². The van der Waals surface area contributed by atoms with Gasteiger partial charge in [-0.2, -0.15) is 0 Å². The number of anilines is 1. The van der Waals surface area contributed by atoms with Crippen LogP contribution < -0.4 is 11.1 Å². The molecular weight excluding hydrogens is 272 g/mol. The Labute approximate surface area is 122 Å². The molecule has 20 heavy (non-hydrogen) atoms. The Morgan fingerprint density at radius 1 is 1.15 bits per heavy atom. The van der Waals surface area contributed by atoms with Gasteiger partial charge in [0.1, 0.15) is 0 Å². The van der Waals surface area contributed by atoms with Crippen LogP contribution >= 0.6 is 11.6 Å². The maximum atomic E-state index is 11.1. The highest BCUT2D eigenvalue weighted by Gasteiger charge is 2.20. The predicted octanol–water partition coefficient (Wildman–Crippen LogP) is 3.02. The maximum Gasteiger partial charge on any atom is 0.250 e. The number of benzene rings is 2. The first-order valence-corrected chi connectivity index (χ1v) is 6.94. The van der Waals surface area contributed by atoms with E-state index in [2.05, 4.69) is 29.6 Å². The van der Waals surface area contributed by atoms with Crippen LogP contribution in [0.5, 0.6) is 0 Å². The van der Waals surface area contributed by atoms with Crippen molar-refractivity contribution in [2.45, 2.75) is 18.9 Å². The number of carbonyl (C=O) groups is 1. The lowest BCUT2D eigenvalue weighted by Crippen LogP contribution is -2.19. The van der Waals surface area contributed by atoms with Gasteiger partial charge >= 0.3 is 0 Å². The van der Waals surface area contributed by atoms with Crippen LogP contribution in [0.3, 0.4) is 0 Å². The second-order valence-electron chi connectivity index (χ2n) is 5.08. The molecule has 0 fully saturated rings. The highest BCUT2D eigenvalue weighted by atomic mass is 35.5. The minimum atomic E-state index is -0.505. The van der Waals surface area contributed by atoms with Gasteiger partial charge in [0.2, 0.25) is 5.91 Å². The smallest absolute Gasteiger partial charge is 0.250 e. The van der Waals surface area contributed by atoms with Crippen molar-refractivity contribution in [3.63, 3.8) is 0 Å². The molecule has 102 valence electrons. The number of hydrogen-bond donors (Lipinski definition) is 2. The van der Waals surface area contributed by atoms with Gasteiger partial charge in [-0.1, -0.05) is 35.9 Å². The molecule has 2 aromatic carbocycles. The van der Waals surface area contributed by atoms with Crippen LogP contribution in [0.2, 0.25) is 5.02 Å². The lowest BCUT2D eigenvalue weighted by atomic mass is 10.1. The molecule has 1 aliphatic rings. The molecule has 1 aliphatic carbocycles. The van der Waals surface area contributed by atoms with Crippen LogP contribution in [-0.2, 0) is 12.8 Å². The third kappa shape index (κ3) is 2.49. The monoisotopic (exact) mass is 286 g/mol. The molecule has 0 saturated heterocycles. The number of halogens is 1. The Morgan fingerprint density at radius 2 is 1.80 bits per heavy atom. The second kappa shape index (κ2) is 5.17. The topological polar surface area (TPSA) is 55.1 Å². The van der Waals surface area contributed by atoms with Crippen LogP contribution in [0.25, 0.3) is 0 Å². The molecule has 3 nitrogen and oxygen atoms in total. The van der Waals surface area contributed by atoms with Crippen LogP contribution in [0.15, 0.2) is 42.5 Å². The first kappa shape index (κ1) is 13.0. The number of fused-ring (bicyclic) bond motifs is 1. The molecule has 4 heteroatoms. The van der Waals surface area contributed by atoms with Gasteiger partial charge in [-0.3, -0.25) is 4.79 Å². The average Bonchev–Trinajstić information content (AvgIpc) is 2.80. The number of nitrogens with two attached hydrogens (primary N) is 1. The van der Waals surface area contributed by atoms with Gasteiger partial charge in [-0.25, -0.2) is 0 Å². The highest BCUT2D eigenvalue weighted by molar-refractivity contribution is 6.34. The molecule has 3 N–H and O–H groups in total. The molecule has 3 rings (SSSR count). The van der Waals surface area contributed by atoms with E-state index in [0.29, 0.717) is 16.6 Å². The van der Waals surface area contributed by atoms with Crippen molar-refractivity contribution < 1.29 is 4.79 Å². The summed E-state index contributed by atoms with van der Waals surface area (Å²) < 4.78 is 0. The highest BCUT2D eigenvalue weighted by Crippen LogP contribution is 2.26. The molecule has 1 amide bonds. The largest absolute Gasteiger partial charge is 0.382 e. The number of amides is 1. The quantitative estimate of drug-likeness (QED) is 0.911. The third-order valence-corrected chi connectivity index (χ3v) is 3.97. The Morgan fingerprint density at radius 3 is 2.35 bits per heavy atom. The summed E-state index contributed by atoms with van der Waals surface area (Å²) in [6.07, 6.45) is 2.01. The van der Waals surface area contributed by atoms with E-state index in [1.807, 2.05) is 6.07 Å². The molecule has 0 radical (unpaired) electrons. The molecule has 0 unspecified atom stereocenters. The number of rotatable bonds is 3. The van der Waals surface area contributed by atoms with Crippen molar-refractivity contribution in [3.05, 3.63) is 64.2 Å². The van der Waals surface area contributed by atoms with Gasteiger partial charge in [-0.15, -0.1) is 0 Å². The average molecular weight is 287 g/mol. The Bertz CT molecular complexity index is 644. The van der Waals surface area contributed by atoms with Crippen LogP contribution in [0.4, 0.5) is 5.69 Å². The lowest BCUT2D eigenvalue weighted by Gasteiger charge is -2.14. The Kier molecular flexibility index (Phi) is 3.36. The van der Waals surface area contributed by atoms with Crippen LogP contribution in [0.1, 0.15) is 21.5 Å². The number of primary amides is 1. The van der Waals surface area contributed by atoms with E-state index in [9.17, 15) is 4.79 Å². The van der Waals surface area contributed by atoms with Gasteiger partial charge in [-0.05, 0) is 42.2 Å². The van der Waals surface area contributed by atoms with Gasteiger partial charge in [0.15, 0.2) is 0 Å². The van der Waals surface area contributed by atoms with E-state index < -0.39 is 5.91 Å². The summed E-state index contributed by atoms with van der Waals surface area (Å²) in [5.41, 5.74) is 9.30. The SMILES string of the molecule is NC(=O)c1ccc(NC2Cc3ccccc3C2)cc1Cl. The first-order valence-electron chi connectivity index (χ1n) is 6.56. The summed E-state index contributed by atoms with van der Waals surface area (Å²) in [4.78, 5) is 11.1. The molecule has 0 bridgehead atoms. The summed E-state index contributed by atoms with van der Waals surface area (Å²) in [6, 6.07) is 14.1. The molecular formula is C16H15ClN2O. The number of carbonyl (C=O) groups excluding carboxylic acids is 1. The Hall–Kier alpha value is -2.00. The van der Waals surface area contributed by atoms with Crippen molar-refractivity contribution in [2.24, 2.45) is 5.73 Å². The zero-order chi connectivity index (χ0) is 14.1. The molecule has 0 aliphatic heterocycles. The maximum absolute atomic E-state index is 11.1. The predicted molar refractivity (Wildman–Crippen MR) is 81.2 cm³/mol. The van der Waals surface area contributed by atoms with Crippen molar-refractivity contribution >= 4 is 23.2 Å². The standard InChI is InChI=1S/C16H15ClN2O/c17-15-9-12(5-6-14(15)16(18)20)19-13-7-10-3-1-2-4-11(10)8-13/h1-6,9,13,19H,7-8H2,(H2,18,20). The van der Waals surface area contributed by atoms with Crippen molar-refractivity contribution in [1.29, 1.82) is 0 Å². The molecule has 0 atom stereocenters. The lowest BCUT2D eigenvalue weighted by molar-refractivity contribution is 0.100. The molecule has 0 saturated carbocycles. The van der Waals surface area contributed by atoms with E-state index in [0.717, 1.165) is 18.5 Å². The second-order valence-corrected chi connectivity index (χ2v) is 5.48. The van der Waals surface area contributed by atoms with E-state index in [4.69, 9.17) is 17.3 Å². The molecule has 0 spiro atoms. The number of hydrogen-bond acceptors (Lipinski definition) is 2. The van der Waals surface area contributed by atoms with E-state index >= 15 is 0 Å². The third-order valence-electron chi connectivity index (χ3n) is 3.66. The van der Waals surface area contributed by atoms with Crippen LogP contribution in [0, 0.1) is 0 Å². The minimum Gasteiger partial charge on any atom is -0.382 e. The van der Waals surface area contributed by atoms with Crippen molar-refractivity contribution in [1.82, 2.24) is 0 Å². The zero-order valence-electron chi connectivity index (χ0n) is 10.9. The summed E-state index contributed by atoms with van der Waals surface area (Å²) >= 11 is 6.06. The first-order chi connectivity index (χ1) is 9.63. The molecule has 0 aromatic heterocycles. The van der Waals surface area contributed by atoms with Crippen molar-refractivity contribution in [3.8, 4) is 0 Å². The Balaban J connectivity index is 1.74. The van der Waals surface area contributed by atoms with E-state index in [1.54, 1.807) is 12.1 Å². The fourth-order valence-electron chi connectivity index (χ4n) is 2.70. The van der Waals surface area contributed by atoms with Crippen LogP contribution in [-0.4, -0.2) is 11.9 Å². The fourth-order valence-corrected chi connectivity index (χ4v) is 2.98. The van der Waals surface area contributed by atoms with Gasteiger partial charge in [0.05, 0.1) is 10.6 Å². The summed E-state index contributed by atoms with van der Waals surface area (Å²) in [5.74, 6) is -0.505. The fraction of sp³-hybridized carbons (Fsp3) is 0.188. The zero-order valence-corrected chi connectivity index (χ0v) is 11.7. The number of nitrogens with one attached hydrogen (secondary N) is 1. The molecule has 2 aromatic rings. The normalized spacial score (nSPS) is 14.1. The van der Waals surface area contributed by atoms with Crippen molar-refractivity contribution in [2.75, 3.05) is 5.32 Å². The molecule has 0 heterocycles. The summed E-state index contributed by atoms with van der Waals surface area (Å²) in [6.45, 7) is 0. The van der Waals surface area contributed by atoms with Gasteiger partial charge in [0, 0.05) is 11.7 Å². The van der Waals surface area contributed by atoms with Gasteiger partial charge < -0.3 is 11.1 Å². The summed E-state index contributed by atoms with van der Waals surface area (Å²) in [5, 5.41) is 3.85. The minimum absolute atomic E-state index is 0.354. The summed E-state index contributed by atoms with van der Waals surface area (Å²) in [7, 11) is 0.